The molecule has 0 radical (unpaired) electrons. The molecule has 0 aromatic carbocycles. The second-order valence-corrected chi connectivity index (χ2v) is 5.41. The van der Waals surface area contributed by atoms with Crippen LogP contribution in [0.4, 0.5) is 0 Å². The van der Waals surface area contributed by atoms with Gasteiger partial charge in [-0.3, -0.25) is 9.59 Å². The Morgan fingerprint density at radius 1 is 1.39 bits per heavy atom. The Labute approximate surface area is 108 Å². The number of methoxy groups -OCH3 is 1. The highest BCUT2D eigenvalue weighted by Gasteiger charge is 2.39. The van der Waals surface area contributed by atoms with Gasteiger partial charge in [-0.1, -0.05) is 13.8 Å². The van der Waals surface area contributed by atoms with Gasteiger partial charge in [0.25, 0.3) is 0 Å². The summed E-state index contributed by atoms with van der Waals surface area (Å²) in [4.78, 5) is 22.8. The van der Waals surface area contributed by atoms with Crippen molar-refractivity contribution in [3.05, 3.63) is 0 Å². The first-order chi connectivity index (χ1) is 8.40. The molecule has 5 heteroatoms. The number of nitrogens with one attached hydrogen (secondary N) is 1. The number of hydrogen-bond donors (Lipinski definition) is 2. The van der Waals surface area contributed by atoms with Gasteiger partial charge < -0.3 is 15.2 Å². The second kappa shape index (κ2) is 6.18. The van der Waals surface area contributed by atoms with E-state index in [0.717, 1.165) is 19.3 Å². The van der Waals surface area contributed by atoms with Crippen LogP contribution in [0.15, 0.2) is 0 Å². The summed E-state index contributed by atoms with van der Waals surface area (Å²) in [7, 11) is 1.63. The van der Waals surface area contributed by atoms with Gasteiger partial charge in [0.1, 0.15) is 0 Å². The lowest BCUT2D eigenvalue weighted by Gasteiger charge is -2.40. The molecule has 0 heterocycles. The lowest BCUT2D eigenvalue weighted by atomic mass is 9.77. The Balaban J connectivity index is 2.38. The minimum atomic E-state index is -0.865. The molecular formula is C13H23NO4. The van der Waals surface area contributed by atoms with Crippen molar-refractivity contribution in [2.45, 2.75) is 45.1 Å². The molecule has 1 rings (SSSR count). The molecule has 1 saturated carbocycles. The van der Waals surface area contributed by atoms with Crippen molar-refractivity contribution in [1.82, 2.24) is 5.32 Å². The number of carbonyl (C=O) groups is 2. The zero-order valence-electron chi connectivity index (χ0n) is 11.4. The van der Waals surface area contributed by atoms with E-state index >= 15 is 0 Å². The first kappa shape index (κ1) is 15.0. The van der Waals surface area contributed by atoms with Crippen LogP contribution in [0, 0.1) is 11.8 Å². The normalized spacial score (nSPS) is 19.1. The topological polar surface area (TPSA) is 75.6 Å². The summed E-state index contributed by atoms with van der Waals surface area (Å²) in [5.41, 5.74) is -0.305. The molecule has 1 aliphatic carbocycles. The van der Waals surface area contributed by atoms with Crippen molar-refractivity contribution in [3.63, 3.8) is 0 Å². The summed E-state index contributed by atoms with van der Waals surface area (Å²) in [5, 5.41) is 11.7. The Morgan fingerprint density at radius 2 is 2.00 bits per heavy atom. The highest BCUT2D eigenvalue weighted by molar-refractivity contribution is 5.78. The van der Waals surface area contributed by atoms with E-state index in [-0.39, 0.29) is 24.0 Å². The Hall–Kier alpha value is -1.10. The van der Waals surface area contributed by atoms with Crippen LogP contribution in [-0.4, -0.2) is 36.2 Å². The maximum atomic E-state index is 11.8. The average Bonchev–Trinajstić information content (AvgIpc) is 2.22. The molecule has 0 bridgehead atoms. The second-order valence-electron chi connectivity index (χ2n) is 5.41. The molecule has 0 aromatic rings. The van der Waals surface area contributed by atoms with Crippen molar-refractivity contribution in [3.8, 4) is 0 Å². The quantitative estimate of drug-likeness (QED) is 0.723. The lowest BCUT2D eigenvalue weighted by Crippen LogP contribution is -2.45. The fourth-order valence-electron chi connectivity index (χ4n) is 2.21. The van der Waals surface area contributed by atoms with Crippen molar-refractivity contribution >= 4 is 11.9 Å². The predicted molar refractivity (Wildman–Crippen MR) is 67.2 cm³/mol. The molecule has 104 valence electrons. The number of amides is 1. The van der Waals surface area contributed by atoms with E-state index in [2.05, 4.69) is 5.32 Å². The largest absolute Gasteiger partial charge is 0.481 e. The summed E-state index contributed by atoms with van der Waals surface area (Å²) in [5.74, 6) is -1.52. The number of carboxylic acids is 1. The number of hydrogen-bond acceptors (Lipinski definition) is 3. The zero-order chi connectivity index (χ0) is 13.8. The summed E-state index contributed by atoms with van der Waals surface area (Å²) < 4.78 is 5.37. The molecule has 1 atom stereocenters. The van der Waals surface area contributed by atoms with Crippen LogP contribution in [0.2, 0.25) is 0 Å². The highest BCUT2D eigenvalue weighted by Crippen LogP contribution is 2.37. The number of ether oxygens (including phenoxy) is 1. The van der Waals surface area contributed by atoms with Gasteiger partial charge in [-0.2, -0.15) is 0 Å². The summed E-state index contributed by atoms with van der Waals surface area (Å²) >= 11 is 0. The fourth-order valence-corrected chi connectivity index (χ4v) is 2.21. The smallest absolute Gasteiger partial charge is 0.308 e. The summed E-state index contributed by atoms with van der Waals surface area (Å²) in [6.07, 6.45) is 3.23. The lowest BCUT2D eigenvalue weighted by molar-refractivity contribution is -0.143. The third kappa shape index (κ3) is 3.70. The van der Waals surface area contributed by atoms with Gasteiger partial charge in [0.15, 0.2) is 0 Å². The molecule has 0 saturated heterocycles. The van der Waals surface area contributed by atoms with Crippen LogP contribution < -0.4 is 5.32 Å². The molecule has 5 nitrogen and oxygen atoms in total. The predicted octanol–water partition coefficient (Wildman–Crippen LogP) is 1.42. The van der Waals surface area contributed by atoms with Gasteiger partial charge in [-0.05, 0) is 25.2 Å². The average molecular weight is 257 g/mol. The minimum Gasteiger partial charge on any atom is -0.481 e. The van der Waals surface area contributed by atoms with E-state index in [4.69, 9.17) is 9.84 Å². The molecule has 18 heavy (non-hydrogen) atoms. The fraction of sp³-hybridized carbons (Fsp3) is 0.846. The minimum absolute atomic E-state index is 0.00267. The Bertz CT molecular complexity index is 305. The maximum Gasteiger partial charge on any atom is 0.308 e. The Morgan fingerprint density at radius 3 is 2.33 bits per heavy atom. The van der Waals surface area contributed by atoms with Crippen molar-refractivity contribution in [2.75, 3.05) is 13.7 Å². The van der Waals surface area contributed by atoms with Gasteiger partial charge >= 0.3 is 5.97 Å². The maximum absolute atomic E-state index is 11.8. The van der Waals surface area contributed by atoms with Crippen molar-refractivity contribution < 1.29 is 19.4 Å². The number of rotatable bonds is 7. The zero-order valence-corrected chi connectivity index (χ0v) is 11.4. The molecule has 2 N–H and O–H groups in total. The molecule has 1 amide bonds. The van der Waals surface area contributed by atoms with E-state index < -0.39 is 11.9 Å². The van der Waals surface area contributed by atoms with Gasteiger partial charge in [-0.25, -0.2) is 0 Å². The first-order valence-corrected chi connectivity index (χ1v) is 6.45. The van der Waals surface area contributed by atoms with Gasteiger partial charge in [0.2, 0.25) is 5.91 Å². The van der Waals surface area contributed by atoms with Gasteiger partial charge in [0, 0.05) is 13.7 Å². The third-order valence-electron chi connectivity index (χ3n) is 3.82. The van der Waals surface area contributed by atoms with Gasteiger partial charge in [0.05, 0.1) is 17.9 Å². The molecule has 1 aliphatic rings. The van der Waals surface area contributed by atoms with Crippen LogP contribution in [-0.2, 0) is 14.3 Å². The van der Waals surface area contributed by atoms with Crippen LogP contribution >= 0.6 is 0 Å². The van der Waals surface area contributed by atoms with E-state index in [1.165, 1.54) is 0 Å². The van der Waals surface area contributed by atoms with Crippen LogP contribution in [0.3, 0.4) is 0 Å². The number of aliphatic carboxylic acids is 1. The highest BCUT2D eigenvalue weighted by atomic mass is 16.5. The van der Waals surface area contributed by atoms with Gasteiger partial charge in [-0.15, -0.1) is 0 Å². The molecule has 0 aromatic heterocycles. The summed E-state index contributed by atoms with van der Waals surface area (Å²) in [6.45, 7) is 3.87. The molecular weight excluding hydrogens is 234 g/mol. The SMILES string of the molecule is COC1(CC(=O)NCC(C(=O)O)C(C)C)CCC1. The van der Waals surface area contributed by atoms with E-state index in [1.54, 1.807) is 7.11 Å². The molecule has 1 unspecified atom stereocenters. The van der Waals surface area contributed by atoms with Crippen molar-refractivity contribution in [1.29, 1.82) is 0 Å². The standard InChI is InChI=1S/C13H23NO4/c1-9(2)10(12(16)17)8-14-11(15)7-13(18-3)5-4-6-13/h9-10H,4-8H2,1-3H3,(H,14,15)(H,16,17). The molecule has 0 spiro atoms. The molecule has 0 aliphatic heterocycles. The third-order valence-corrected chi connectivity index (χ3v) is 3.82. The van der Waals surface area contributed by atoms with E-state index in [0.29, 0.717) is 6.42 Å². The van der Waals surface area contributed by atoms with Crippen LogP contribution in [0.1, 0.15) is 39.5 Å². The van der Waals surface area contributed by atoms with E-state index in [9.17, 15) is 9.59 Å². The Kier molecular flexibility index (Phi) is 5.14. The first-order valence-electron chi connectivity index (χ1n) is 6.45. The summed E-state index contributed by atoms with van der Waals surface area (Å²) in [6, 6.07) is 0. The molecule has 1 fully saturated rings. The van der Waals surface area contributed by atoms with E-state index in [1.807, 2.05) is 13.8 Å². The number of carbonyl (C=O) groups excluding carboxylic acids is 1. The van der Waals surface area contributed by atoms with Crippen LogP contribution in [0.5, 0.6) is 0 Å². The number of carboxylic acid groups (broad SMARTS) is 1. The van der Waals surface area contributed by atoms with Crippen LogP contribution in [0.25, 0.3) is 0 Å². The van der Waals surface area contributed by atoms with Crippen molar-refractivity contribution in [2.24, 2.45) is 11.8 Å². The monoisotopic (exact) mass is 257 g/mol.